The van der Waals surface area contributed by atoms with Crippen molar-refractivity contribution >= 4 is 22.2 Å². The molecule has 2 aromatic carbocycles. The van der Waals surface area contributed by atoms with E-state index in [1.165, 1.54) is 22.3 Å². The molecule has 3 aromatic rings. The van der Waals surface area contributed by atoms with Crippen LogP contribution in [0.15, 0.2) is 47.8 Å². The molecule has 0 fully saturated rings. The van der Waals surface area contributed by atoms with Gasteiger partial charge in [0.2, 0.25) is 0 Å². The second kappa shape index (κ2) is 6.55. The lowest BCUT2D eigenvalue weighted by Gasteiger charge is -2.06. The minimum Gasteiger partial charge on any atom is -0.332 e. The zero-order valence-electron chi connectivity index (χ0n) is 14.1. The van der Waals surface area contributed by atoms with E-state index in [9.17, 15) is 0 Å². The Kier molecular flexibility index (Phi) is 4.49. The van der Waals surface area contributed by atoms with Gasteiger partial charge in [-0.15, -0.1) is 11.3 Å². The number of hydrogen-bond acceptors (Lipinski definition) is 3. The third-order valence-corrected chi connectivity index (χ3v) is 4.89. The van der Waals surface area contributed by atoms with Gasteiger partial charge in [-0.25, -0.2) is 4.98 Å². The van der Waals surface area contributed by atoms with Crippen LogP contribution in [0.3, 0.4) is 0 Å². The van der Waals surface area contributed by atoms with Gasteiger partial charge in [-0.1, -0.05) is 44.2 Å². The first-order valence-electron chi connectivity index (χ1n) is 7.93. The molecule has 23 heavy (non-hydrogen) atoms. The summed E-state index contributed by atoms with van der Waals surface area (Å²) in [6, 6.07) is 15.1. The van der Waals surface area contributed by atoms with Gasteiger partial charge in [0.15, 0.2) is 5.13 Å². The normalized spacial score (nSPS) is 11.0. The molecule has 2 nitrogen and oxygen atoms in total. The molecule has 1 aromatic heterocycles. The van der Waals surface area contributed by atoms with Crippen molar-refractivity contribution in [1.82, 2.24) is 4.98 Å². The Bertz CT molecular complexity index is 801. The first-order chi connectivity index (χ1) is 11.0. The van der Waals surface area contributed by atoms with E-state index in [1.54, 1.807) is 11.3 Å². The van der Waals surface area contributed by atoms with Crippen molar-refractivity contribution in [3.05, 3.63) is 64.5 Å². The van der Waals surface area contributed by atoms with Gasteiger partial charge in [0.1, 0.15) is 0 Å². The molecule has 1 heterocycles. The van der Waals surface area contributed by atoms with Crippen LogP contribution in [0.5, 0.6) is 0 Å². The first-order valence-corrected chi connectivity index (χ1v) is 8.81. The highest BCUT2D eigenvalue weighted by Crippen LogP contribution is 2.28. The predicted molar refractivity (Wildman–Crippen MR) is 101 cm³/mol. The summed E-state index contributed by atoms with van der Waals surface area (Å²) in [5.74, 6) is 0.557. The third kappa shape index (κ3) is 3.62. The molecule has 0 amide bonds. The molecule has 3 rings (SSSR count). The summed E-state index contributed by atoms with van der Waals surface area (Å²) in [6.45, 7) is 8.68. The fourth-order valence-corrected chi connectivity index (χ4v) is 3.19. The number of rotatable bonds is 4. The van der Waals surface area contributed by atoms with Crippen molar-refractivity contribution in [3.63, 3.8) is 0 Å². The molecule has 1 N–H and O–H groups in total. The molecule has 0 saturated carbocycles. The predicted octanol–water partition coefficient (Wildman–Crippen LogP) is 6.29. The number of nitrogens with zero attached hydrogens (tertiary/aromatic N) is 1. The van der Waals surface area contributed by atoms with Gasteiger partial charge < -0.3 is 5.32 Å². The molecule has 0 radical (unpaired) electrons. The molecule has 0 unspecified atom stereocenters. The van der Waals surface area contributed by atoms with Crippen LogP contribution in [-0.2, 0) is 0 Å². The highest BCUT2D eigenvalue weighted by molar-refractivity contribution is 7.14. The summed E-state index contributed by atoms with van der Waals surface area (Å²) >= 11 is 1.64. The number of hydrogen-bond donors (Lipinski definition) is 1. The summed E-state index contributed by atoms with van der Waals surface area (Å²) in [7, 11) is 0. The number of anilines is 2. The summed E-state index contributed by atoms with van der Waals surface area (Å²) in [5, 5.41) is 6.43. The van der Waals surface area contributed by atoms with Gasteiger partial charge in [-0.3, -0.25) is 0 Å². The molecule has 118 valence electrons. The Labute approximate surface area is 142 Å². The molecule has 0 bridgehead atoms. The van der Waals surface area contributed by atoms with Gasteiger partial charge in [0, 0.05) is 16.6 Å². The van der Waals surface area contributed by atoms with Crippen molar-refractivity contribution in [3.8, 4) is 11.3 Å². The Morgan fingerprint density at radius 3 is 2.35 bits per heavy atom. The average molecular weight is 322 g/mol. The smallest absolute Gasteiger partial charge is 0.187 e. The summed E-state index contributed by atoms with van der Waals surface area (Å²) < 4.78 is 0. The van der Waals surface area contributed by atoms with E-state index in [0.29, 0.717) is 5.92 Å². The molecule has 0 atom stereocenters. The molecule has 0 aliphatic rings. The van der Waals surface area contributed by atoms with E-state index >= 15 is 0 Å². The number of aromatic nitrogens is 1. The lowest BCUT2D eigenvalue weighted by molar-refractivity contribution is 0.867. The van der Waals surface area contributed by atoms with E-state index in [2.05, 4.69) is 80.9 Å². The van der Waals surface area contributed by atoms with E-state index in [-0.39, 0.29) is 0 Å². The first kappa shape index (κ1) is 15.8. The molecule has 0 spiro atoms. The maximum absolute atomic E-state index is 4.71. The zero-order valence-corrected chi connectivity index (χ0v) is 14.9. The topological polar surface area (TPSA) is 24.9 Å². The Hall–Kier alpha value is -2.13. The molecule has 3 heteroatoms. The summed E-state index contributed by atoms with van der Waals surface area (Å²) in [4.78, 5) is 4.71. The number of aryl methyl sites for hydroxylation is 2. The van der Waals surface area contributed by atoms with Crippen molar-refractivity contribution in [2.75, 3.05) is 5.32 Å². The highest BCUT2D eigenvalue weighted by atomic mass is 32.1. The van der Waals surface area contributed by atoms with Crippen LogP contribution in [0.4, 0.5) is 10.8 Å². The second-order valence-electron chi connectivity index (χ2n) is 6.24. The van der Waals surface area contributed by atoms with E-state index < -0.39 is 0 Å². The third-order valence-electron chi connectivity index (χ3n) is 4.14. The Morgan fingerprint density at radius 1 is 0.957 bits per heavy atom. The SMILES string of the molecule is Cc1ccc(Nc2nc(-c3ccc(C(C)C)cc3)cs2)cc1C. The van der Waals surface area contributed by atoms with Crippen LogP contribution in [-0.4, -0.2) is 4.98 Å². The van der Waals surface area contributed by atoms with Crippen molar-refractivity contribution < 1.29 is 0 Å². The van der Waals surface area contributed by atoms with Crippen LogP contribution >= 0.6 is 11.3 Å². The quantitative estimate of drug-likeness (QED) is 0.610. The minimum atomic E-state index is 0.557. The molecular formula is C20H22N2S. The maximum Gasteiger partial charge on any atom is 0.187 e. The molecule has 0 aliphatic heterocycles. The van der Waals surface area contributed by atoms with Gasteiger partial charge in [0.25, 0.3) is 0 Å². The van der Waals surface area contributed by atoms with Gasteiger partial charge in [-0.05, 0) is 48.6 Å². The second-order valence-corrected chi connectivity index (χ2v) is 7.10. The van der Waals surface area contributed by atoms with Crippen LogP contribution < -0.4 is 5.32 Å². The summed E-state index contributed by atoms with van der Waals surface area (Å²) in [5.41, 5.74) is 7.23. The number of nitrogens with one attached hydrogen (secondary N) is 1. The fourth-order valence-electron chi connectivity index (χ4n) is 2.45. The van der Waals surface area contributed by atoms with Crippen LogP contribution in [0.1, 0.15) is 36.5 Å². The van der Waals surface area contributed by atoms with Gasteiger partial charge in [0.05, 0.1) is 5.69 Å². The van der Waals surface area contributed by atoms with Crippen molar-refractivity contribution in [2.45, 2.75) is 33.6 Å². The van der Waals surface area contributed by atoms with Crippen molar-refractivity contribution in [2.24, 2.45) is 0 Å². The maximum atomic E-state index is 4.71. The van der Waals surface area contributed by atoms with E-state index in [0.717, 1.165) is 16.5 Å². The zero-order chi connectivity index (χ0) is 16.4. The molecular weight excluding hydrogens is 300 g/mol. The van der Waals surface area contributed by atoms with Crippen molar-refractivity contribution in [1.29, 1.82) is 0 Å². The fraction of sp³-hybridized carbons (Fsp3) is 0.250. The lowest BCUT2D eigenvalue weighted by Crippen LogP contribution is -1.91. The molecule has 0 saturated heterocycles. The monoisotopic (exact) mass is 322 g/mol. The average Bonchev–Trinajstić information content (AvgIpc) is 2.99. The van der Waals surface area contributed by atoms with Crippen LogP contribution in [0.2, 0.25) is 0 Å². The Morgan fingerprint density at radius 2 is 1.70 bits per heavy atom. The number of thiazole rings is 1. The largest absolute Gasteiger partial charge is 0.332 e. The standard InChI is InChI=1S/C20H22N2S/c1-13(2)16-6-8-17(9-7-16)19-12-23-20(22-19)21-18-10-5-14(3)15(4)11-18/h5-13H,1-4H3,(H,21,22). The molecule has 0 aliphatic carbocycles. The summed E-state index contributed by atoms with van der Waals surface area (Å²) in [6.07, 6.45) is 0. The van der Waals surface area contributed by atoms with E-state index in [4.69, 9.17) is 4.98 Å². The van der Waals surface area contributed by atoms with E-state index in [1.807, 2.05) is 0 Å². The van der Waals surface area contributed by atoms with Gasteiger partial charge >= 0.3 is 0 Å². The minimum absolute atomic E-state index is 0.557. The van der Waals surface area contributed by atoms with Gasteiger partial charge in [-0.2, -0.15) is 0 Å². The number of benzene rings is 2. The Balaban J connectivity index is 1.78. The van der Waals surface area contributed by atoms with Crippen LogP contribution in [0, 0.1) is 13.8 Å². The highest BCUT2D eigenvalue weighted by Gasteiger charge is 2.06. The van der Waals surface area contributed by atoms with Crippen LogP contribution in [0.25, 0.3) is 11.3 Å². The lowest BCUT2D eigenvalue weighted by atomic mass is 10.0.